The van der Waals surface area contributed by atoms with Crippen LogP contribution < -0.4 is 21.7 Å². The summed E-state index contributed by atoms with van der Waals surface area (Å²) in [4.78, 5) is 33.7. The first-order valence-corrected chi connectivity index (χ1v) is 7.65. The molecule has 0 aliphatic carbocycles. The quantitative estimate of drug-likeness (QED) is 0.396. The van der Waals surface area contributed by atoms with Crippen LogP contribution in [0.25, 0.3) is 0 Å². The Morgan fingerprint density at radius 2 is 1.77 bits per heavy atom. The number of carbonyl (C=O) groups is 3. The molecule has 0 fully saturated rings. The lowest BCUT2D eigenvalue weighted by molar-refractivity contribution is -0.123. The fraction of sp³-hybridized carbons (Fsp3) is 0.786. The molecule has 0 aromatic carbocycles. The minimum atomic E-state index is -0.567. The van der Waals surface area contributed by atoms with E-state index in [4.69, 9.17) is 10.5 Å². The Kier molecular flexibility index (Phi) is 11.8. The summed E-state index contributed by atoms with van der Waals surface area (Å²) in [6, 6.07) is -0.567. The third kappa shape index (κ3) is 10.9. The Labute approximate surface area is 131 Å². The molecule has 0 radical (unpaired) electrons. The summed E-state index contributed by atoms with van der Waals surface area (Å²) >= 11 is 0. The van der Waals surface area contributed by atoms with Crippen molar-refractivity contribution in [3.05, 3.63) is 0 Å². The van der Waals surface area contributed by atoms with Gasteiger partial charge in [-0.15, -0.1) is 0 Å². The van der Waals surface area contributed by atoms with Gasteiger partial charge in [0.2, 0.25) is 11.8 Å². The highest BCUT2D eigenvalue weighted by Gasteiger charge is 2.12. The van der Waals surface area contributed by atoms with Gasteiger partial charge in [0, 0.05) is 26.6 Å². The summed E-state index contributed by atoms with van der Waals surface area (Å²) in [5.41, 5.74) is 5.77. The molecule has 3 amide bonds. The van der Waals surface area contributed by atoms with Gasteiger partial charge >= 0.3 is 6.09 Å². The van der Waals surface area contributed by atoms with Crippen molar-refractivity contribution in [2.45, 2.75) is 45.1 Å². The van der Waals surface area contributed by atoms with Crippen LogP contribution in [0.4, 0.5) is 4.79 Å². The molecule has 0 spiro atoms. The van der Waals surface area contributed by atoms with E-state index in [1.165, 1.54) is 0 Å². The molecule has 0 aromatic heterocycles. The van der Waals surface area contributed by atoms with Gasteiger partial charge in [-0.1, -0.05) is 0 Å². The Balaban J connectivity index is 3.57. The monoisotopic (exact) mass is 316 g/mol. The summed E-state index contributed by atoms with van der Waals surface area (Å²) in [6.45, 7) is 3.02. The highest BCUT2D eigenvalue weighted by atomic mass is 16.5. The normalized spacial score (nSPS) is 11.4. The Hall–Kier alpha value is -1.83. The number of carbonyl (C=O) groups excluding carboxylic acids is 3. The summed E-state index contributed by atoms with van der Waals surface area (Å²) in [6.07, 6.45) is 2.55. The second-order valence-corrected chi connectivity index (χ2v) is 4.82. The zero-order valence-electron chi connectivity index (χ0n) is 13.4. The average Bonchev–Trinajstić information content (AvgIpc) is 2.50. The van der Waals surface area contributed by atoms with E-state index in [-0.39, 0.29) is 11.8 Å². The third-order valence-electron chi connectivity index (χ3n) is 2.98. The maximum absolute atomic E-state index is 11.7. The van der Waals surface area contributed by atoms with Crippen LogP contribution in [0.3, 0.4) is 0 Å². The van der Waals surface area contributed by atoms with E-state index in [0.717, 1.165) is 12.8 Å². The maximum atomic E-state index is 11.7. The fourth-order valence-electron chi connectivity index (χ4n) is 1.71. The van der Waals surface area contributed by atoms with Gasteiger partial charge in [-0.25, -0.2) is 4.79 Å². The van der Waals surface area contributed by atoms with Gasteiger partial charge in [-0.3, -0.25) is 9.59 Å². The molecule has 0 bridgehead atoms. The minimum Gasteiger partial charge on any atom is -0.450 e. The smallest absolute Gasteiger partial charge is 0.407 e. The zero-order chi connectivity index (χ0) is 16.8. The zero-order valence-corrected chi connectivity index (χ0v) is 13.4. The van der Waals surface area contributed by atoms with Gasteiger partial charge in [0.05, 0.1) is 12.6 Å². The van der Waals surface area contributed by atoms with Gasteiger partial charge in [-0.2, -0.15) is 0 Å². The second kappa shape index (κ2) is 12.9. The molecule has 1 atom stereocenters. The lowest BCUT2D eigenvalue weighted by Gasteiger charge is -2.12. The summed E-state index contributed by atoms with van der Waals surface area (Å²) < 4.78 is 4.72. The van der Waals surface area contributed by atoms with Gasteiger partial charge in [0.25, 0.3) is 0 Å². The summed E-state index contributed by atoms with van der Waals surface area (Å²) in [5.74, 6) is -0.261. The van der Waals surface area contributed by atoms with E-state index in [1.807, 2.05) is 0 Å². The standard InChI is InChI=1S/C14H28N4O4/c1-3-22-14(21)18-9-5-4-7-11(15)13(20)17-10-6-8-12(19)16-2/h11H,3-10,15H2,1-2H3,(H,16,19)(H,17,20)(H,18,21). The first kappa shape index (κ1) is 20.2. The molecule has 0 heterocycles. The van der Waals surface area contributed by atoms with Crippen molar-refractivity contribution < 1.29 is 19.1 Å². The number of amides is 3. The number of alkyl carbamates (subject to hydrolysis) is 1. The van der Waals surface area contributed by atoms with Gasteiger partial charge < -0.3 is 26.4 Å². The molecular weight excluding hydrogens is 288 g/mol. The summed E-state index contributed by atoms with van der Waals surface area (Å²) in [5, 5.41) is 7.82. The van der Waals surface area contributed by atoms with Gasteiger partial charge in [0.15, 0.2) is 0 Å². The predicted octanol–water partition coefficient (Wildman–Crippen LogP) is -0.127. The Morgan fingerprint density at radius 1 is 1.09 bits per heavy atom. The number of rotatable bonds is 11. The van der Waals surface area contributed by atoms with Crippen molar-refractivity contribution >= 4 is 17.9 Å². The number of hydrogen-bond donors (Lipinski definition) is 4. The lowest BCUT2D eigenvalue weighted by Crippen LogP contribution is -2.41. The van der Waals surface area contributed by atoms with Crippen molar-refractivity contribution in [2.24, 2.45) is 5.73 Å². The van der Waals surface area contributed by atoms with E-state index in [9.17, 15) is 14.4 Å². The predicted molar refractivity (Wildman–Crippen MR) is 83.2 cm³/mol. The molecule has 128 valence electrons. The van der Waals surface area contributed by atoms with Crippen LogP contribution in [-0.2, 0) is 14.3 Å². The Bertz CT molecular complexity index is 350. The Morgan fingerprint density at radius 3 is 2.41 bits per heavy atom. The largest absolute Gasteiger partial charge is 0.450 e. The van der Waals surface area contributed by atoms with Crippen molar-refractivity contribution in [1.29, 1.82) is 0 Å². The average molecular weight is 316 g/mol. The molecule has 0 saturated heterocycles. The first-order valence-electron chi connectivity index (χ1n) is 7.65. The van der Waals surface area contributed by atoms with Crippen molar-refractivity contribution in [2.75, 3.05) is 26.7 Å². The molecule has 1 unspecified atom stereocenters. The first-order chi connectivity index (χ1) is 10.5. The van der Waals surface area contributed by atoms with Crippen LogP contribution in [0.5, 0.6) is 0 Å². The molecular formula is C14H28N4O4. The molecule has 0 aliphatic heterocycles. The third-order valence-corrected chi connectivity index (χ3v) is 2.98. The molecule has 8 heteroatoms. The number of unbranched alkanes of at least 4 members (excludes halogenated alkanes) is 1. The van der Waals surface area contributed by atoms with Crippen LogP contribution in [0.15, 0.2) is 0 Å². The van der Waals surface area contributed by atoms with Crippen LogP contribution in [0.2, 0.25) is 0 Å². The van der Waals surface area contributed by atoms with Gasteiger partial charge in [-0.05, 0) is 32.6 Å². The molecule has 0 saturated carbocycles. The number of ether oxygens (including phenoxy) is 1. The van der Waals surface area contributed by atoms with Crippen molar-refractivity contribution in [3.63, 3.8) is 0 Å². The lowest BCUT2D eigenvalue weighted by atomic mass is 10.1. The molecule has 5 N–H and O–H groups in total. The molecule has 8 nitrogen and oxygen atoms in total. The van der Waals surface area contributed by atoms with Crippen LogP contribution in [0.1, 0.15) is 39.0 Å². The van der Waals surface area contributed by atoms with Gasteiger partial charge in [0.1, 0.15) is 0 Å². The van der Waals surface area contributed by atoms with Crippen molar-refractivity contribution in [3.8, 4) is 0 Å². The number of nitrogens with two attached hydrogens (primary N) is 1. The molecule has 0 aliphatic rings. The summed E-state index contributed by atoms with van der Waals surface area (Å²) in [7, 11) is 1.58. The number of nitrogens with one attached hydrogen (secondary N) is 3. The van der Waals surface area contributed by atoms with E-state index in [2.05, 4.69) is 16.0 Å². The molecule has 0 rings (SSSR count). The second-order valence-electron chi connectivity index (χ2n) is 4.82. The topological polar surface area (TPSA) is 123 Å². The molecule has 0 aromatic rings. The molecule has 22 heavy (non-hydrogen) atoms. The van der Waals surface area contributed by atoms with Crippen LogP contribution in [0, 0.1) is 0 Å². The van der Waals surface area contributed by atoms with E-state index in [0.29, 0.717) is 39.0 Å². The van der Waals surface area contributed by atoms with E-state index in [1.54, 1.807) is 14.0 Å². The van der Waals surface area contributed by atoms with Crippen LogP contribution in [-0.4, -0.2) is 50.7 Å². The van der Waals surface area contributed by atoms with E-state index < -0.39 is 12.1 Å². The van der Waals surface area contributed by atoms with Crippen LogP contribution >= 0.6 is 0 Å². The minimum absolute atomic E-state index is 0.0485. The van der Waals surface area contributed by atoms with E-state index >= 15 is 0 Å². The maximum Gasteiger partial charge on any atom is 0.407 e. The van der Waals surface area contributed by atoms with Crippen molar-refractivity contribution in [1.82, 2.24) is 16.0 Å². The number of hydrogen-bond acceptors (Lipinski definition) is 5. The highest BCUT2D eigenvalue weighted by Crippen LogP contribution is 1.99. The fourth-order valence-corrected chi connectivity index (χ4v) is 1.71. The SMILES string of the molecule is CCOC(=O)NCCCCC(N)C(=O)NCCCC(=O)NC. The highest BCUT2D eigenvalue weighted by molar-refractivity contribution is 5.81.